The fraction of sp³-hybridized carbons (Fsp3) is 1.00. The largest absolute Gasteiger partial charge is 0.396 e. The second kappa shape index (κ2) is 4.89. The number of aliphatic hydroxyl groups excluding tert-OH is 1. The van der Waals surface area contributed by atoms with Crippen LogP contribution in [0.2, 0.25) is 0 Å². The lowest BCUT2D eigenvalue weighted by Gasteiger charge is -2.52. The minimum atomic E-state index is -0.594. The maximum absolute atomic E-state index is 11.0. The van der Waals surface area contributed by atoms with Crippen LogP contribution in [0.25, 0.3) is 0 Å². The molecule has 0 aromatic heterocycles. The van der Waals surface area contributed by atoms with Crippen LogP contribution >= 0.6 is 0 Å². The van der Waals surface area contributed by atoms with Gasteiger partial charge in [0.25, 0.3) is 0 Å². The van der Waals surface area contributed by atoms with E-state index in [1.165, 1.54) is 12.8 Å². The van der Waals surface area contributed by atoms with Gasteiger partial charge in [0, 0.05) is 5.41 Å². The Balaban J connectivity index is 2.15. The van der Waals surface area contributed by atoms with Gasteiger partial charge in [-0.15, -0.1) is 0 Å². The Morgan fingerprint density at radius 1 is 1.00 bits per heavy atom. The van der Waals surface area contributed by atoms with Crippen LogP contribution in [0.15, 0.2) is 0 Å². The molecule has 2 rings (SSSR count). The Morgan fingerprint density at radius 2 is 1.65 bits per heavy atom. The summed E-state index contributed by atoms with van der Waals surface area (Å²) in [5.74, 6) is 1.39. The zero-order valence-corrected chi connectivity index (χ0v) is 11.4. The molecule has 0 amide bonds. The van der Waals surface area contributed by atoms with Crippen LogP contribution in [-0.2, 0) is 0 Å². The first-order valence-electron chi connectivity index (χ1n) is 7.35. The molecule has 2 saturated carbocycles. The van der Waals surface area contributed by atoms with Crippen LogP contribution in [0.3, 0.4) is 0 Å². The topological polar surface area (TPSA) is 40.5 Å². The molecule has 0 bridgehead atoms. The van der Waals surface area contributed by atoms with Crippen molar-refractivity contribution in [2.24, 2.45) is 17.3 Å². The molecular formula is C15H28O2. The molecular weight excluding hydrogens is 212 g/mol. The average molecular weight is 240 g/mol. The normalized spacial score (nSPS) is 48.0. The van der Waals surface area contributed by atoms with Crippen LogP contribution in [0.1, 0.15) is 65.2 Å². The molecule has 2 unspecified atom stereocenters. The van der Waals surface area contributed by atoms with E-state index in [2.05, 4.69) is 13.8 Å². The van der Waals surface area contributed by atoms with E-state index < -0.39 is 5.60 Å². The standard InChI is InChI=1S/C15H28O2/c1-12-5-8-15(17,9-6-12)14(11-16)7-3-4-13(2)10-14/h12-13,16-17H,3-11H2,1-2H3. The van der Waals surface area contributed by atoms with Crippen LogP contribution < -0.4 is 0 Å². The maximum atomic E-state index is 11.0. The number of hydrogen-bond donors (Lipinski definition) is 2. The lowest BCUT2D eigenvalue weighted by atomic mass is 9.56. The Morgan fingerprint density at radius 3 is 2.18 bits per heavy atom. The Bertz CT molecular complexity index is 256. The molecule has 0 radical (unpaired) electrons. The predicted octanol–water partition coefficient (Wildman–Crippen LogP) is 3.12. The highest BCUT2D eigenvalue weighted by molar-refractivity contribution is 5.02. The molecule has 100 valence electrons. The number of hydrogen-bond acceptors (Lipinski definition) is 2. The number of aliphatic hydroxyl groups is 2. The first-order valence-corrected chi connectivity index (χ1v) is 7.35. The van der Waals surface area contributed by atoms with E-state index in [0.29, 0.717) is 5.92 Å². The van der Waals surface area contributed by atoms with Crippen molar-refractivity contribution in [3.05, 3.63) is 0 Å². The lowest BCUT2D eigenvalue weighted by molar-refractivity contribution is -0.157. The van der Waals surface area contributed by atoms with Crippen LogP contribution in [-0.4, -0.2) is 22.4 Å². The molecule has 0 aromatic carbocycles. The zero-order valence-electron chi connectivity index (χ0n) is 11.4. The molecule has 0 aliphatic heterocycles. The van der Waals surface area contributed by atoms with Gasteiger partial charge in [0.15, 0.2) is 0 Å². The minimum absolute atomic E-state index is 0.169. The van der Waals surface area contributed by atoms with Gasteiger partial charge in [-0.3, -0.25) is 0 Å². The average Bonchev–Trinajstić information content (AvgIpc) is 2.33. The molecule has 0 aromatic rings. The first kappa shape index (κ1) is 13.4. The van der Waals surface area contributed by atoms with E-state index in [9.17, 15) is 10.2 Å². The highest BCUT2D eigenvalue weighted by Crippen LogP contribution is 2.52. The molecule has 2 nitrogen and oxygen atoms in total. The molecule has 2 fully saturated rings. The van der Waals surface area contributed by atoms with E-state index in [4.69, 9.17) is 0 Å². The quantitative estimate of drug-likeness (QED) is 0.778. The zero-order chi connectivity index (χ0) is 12.5. The lowest BCUT2D eigenvalue weighted by Crippen LogP contribution is -2.54. The third kappa shape index (κ3) is 2.39. The smallest absolute Gasteiger partial charge is 0.0725 e. The molecule has 0 heterocycles. The Labute approximate surface area is 105 Å². The summed E-state index contributed by atoms with van der Waals surface area (Å²) in [6, 6.07) is 0. The van der Waals surface area contributed by atoms with Gasteiger partial charge in [-0.2, -0.15) is 0 Å². The molecule has 2 atom stereocenters. The van der Waals surface area contributed by atoms with E-state index in [1.54, 1.807) is 0 Å². The highest BCUT2D eigenvalue weighted by atomic mass is 16.3. The van der Waals surface area contributed by atoms with Crippen molar-refractivity contribution in [3.63, 3.8) is 0 Å². The second-order valence-corrected chi connectivity index (χ2v) is 6.85. The summed E-state index contributed by atoms with van der Waals surface area (Å²) in [7, 11) is 0. The molecule has 2 aliphatic rings. The maximum Gasteiger partial charge on any atom is 0.0725 e. The Kier molecular flexibility index (Phi) is 3.84. The minimum Gasteiger partial charge on any atom is -0.396 e. The molecule has 17 heavy (non-hydrogen) atoms. The van der Waals surface area contributed by atoms with Crippen LogP contribution in [0, 0.1) is 17.3 Å². The van der Waals surface area contributed by atoms with Gasteiger partial charge in [0.05, 0.1) is 12.2 Å². The van der Waals surface area contributed by atoms with E-state index in [0.717, 1.165) is 44.4 Å². The molecule has 2 aliphatic carbocycles. The van der Waals surface area contributed by atoms with Gasteiger partial charge in [0.2, 0.25) is 0 Å². The van der Waals surface area contributed by atoms with E-state index >= 15 is 0 Å². The van der Waals surface area contributed by atoms with E-state index in [1.807, 2.05) is 0 Å². The molecule has 0 saturated heterocycles. The highest BCUT2D eigenvalue weighted by Gasteiger charge is 2.51. The molecule has 2 N–H and O–H groups in total. The van der Waals surface area contributed by atoms with Gasteiger partial charge in [-0.05, 0) is 50.4 Å². The van der Waals surface area contributed by atoms with Gasteiger partial charge < -0.3 is 10.2 Å². The van der Waals surface area contributed by atoms with Crippen LogP contribution in [0.4, 0.5) is 0 Å². The third-order valence-electron chi connectivity index (χ3n) is 5.48. The van der Waals surface area contributed by atoms with Gasteiger partial charge in [-0.1, -0.05) is 26.7 Å². The molecule has 0 spiro atoms. The van der Waals surface area contributed by atoms with E-state index in [-0.39, 0.29) is 12.0 Å². The first-order chi connectivity index (χ1) is 8.01. The van der Waals surface area contributed by atoms with Gasteiger partial charge >= 0.3 is 0 Å². The summed E-state index contributed by atoms with van der Waals surface area (Å²) >= 11 is 0. The summed E-state index contributed by atoms with van der Waals surface area (Å²) < 4.78 is 0. The van der Waals surface area contributed by atoms with Crippen molar-refractivity contribution in [1.82, 2.24) is 0 Å². The predicted molar refractivity (Wildman–Crippen MR) is 69.7 cm³/mol. The van der Waals surface area contributed by atoms with Crippen molar-refractivity contribution in [2.75, 3.05) is 6.61 Å². The third-order valence-corrected chi connectivity index (χ3v) is 5.48. The molecule has 2 heteroatoms. The van der Waals surface area contributed by atoms with Gasteiger partial charge in [-0.25, -0.2) is 0 Å². The van der Waals surface area contributed by atoms with Crippen molar-refractivity contribution < 1.29 is 10.2 Å². The summed E-state index contributed by atoms with van der Waals surface area (Å²) in [5.41, 5.74) is -0.798. The van der Waals surface area contributed by atoms with Crippen molar-refractivity contribution in [1.29, 1.82) is 0 Å². The Hall–Kier alpha value is -0.0800. The van der Waals surface area contributed by atoms with Crippen molar-refractivity contribution in [2.45, 2.75) is 70.8 Å². The van der Waals surface area contributed by atoms with Crippen LogP contribution in [0.5, 0.6) is 0 Å². The fourth-order valence-electron chi connectivity index (χ4n) is 4.14. The van der Waals surface area contributed by atoms with Gasteiger partial charge in [0.1, 0.15) is 0 Å². The summed E-state index contributed by atoms with van der Waals surface area (Å²) in [4.78, 5) is 0. The summed E-state index contributed by atoms with van der Waals surface area (Å²) in [6.45, 7) is 4.70. The van der Waals surface area contributed by atoms with Crippen molar-refractivity contribution >= 4 is 0 Å². The van der Waals surface area contributed by atoms with Crippen molar-refractivity contribution in [3.8, 4) is 0 Å². The number of rotatable bonds is 2. The summed E-state index contributed by atoms with van der Waals surface area (Å²) in [5, 5.41) is 20.9. The monoisotopic (exact) mass is 240 g/mol. The second-order valence-electron chi connectivity index (χ2n) is 6.85. The fourth-order valence-corrected chi connectivity index (χ4v) is 4.14. The summed E-state index contributed by atoms with van der Waals surface area (Å²) in [6.07, 6.45) is 8.46. The SMILES string of the molecule is CC1CCC(O)(C2(CO)CCCC(C)C2)CC1.